The van der Waals surface area contributed by atoms with E-state index < -0.39 is 30.8 Å². The molecule has 1 saturated heterocycles. The molecular formula is C28H58BNO5Si3. The van der Waals surface area contributed by atoms with Crippen molar-refractivity contribution in [2.75, 3.05) is 0 Å². The standard InChI is InChI=1S/C28H58BNO5Si3/c1-26(2,3)38(13,14)34-21(19-25(31)32)15-16-24(30(36(7,8)9)37(10,11)12)29-33-23-18-20-17-22(27(20,4)5)28(23,6)35-29/h20-24H,15-19H2,1-14H3,(H,31,32)/t20-,21?,22-,23+,24?,28-/m0/s1. The first-order valence-corrected chi connectivity index (χ1v) is 24.7. The average Bonchev–Trinajstić information content (AvgIpc) is 3.03. The summed E-state index contributed by atoms with van der Waals surface area (Å²) in [5.41, 5.74) is 0.0592. The predicted octanol–water partition coefficient (Wildman–Crippen LogP) is 7.24. The highest BCUT2D eigenvalue weighted by atomic mass is 28.4. The van der Waals surface area contributed by atoms with Gasteiger partial charge >= 0.3 is 13.1 Å². The van der Waals surface area contributed by atoms with Crippen LogP contribution in [-0.4, -0.2) is 71.0 Å². The van der Waals surface area contributed by atoms with Crippen molar-refractivity contribution in [1.29, 1.82) is 0 Å². The van der Waals surface area contributed by atoms with Crippen LogP contribution < -0.4 is 0 Å². The molecule has 10 heteroatoms. The minimum Gasteiger partial charge on any atom is -0.481 e. The fourth-order valence-electron chi connectivity index (χ4n) is 7.80. The maximum absolute atomic E-state index is 11.9. The van der Waals surface area contributed by atoms with Gasteiger partial charge in [-0.05, 0) is 68.0 Å². The van der Waals surface area contributed by atoms with Crippen molar-refractivity contribution in [3.8, 4) is 0 Å². The van der Waals surface area contributed by atoms with Gasteiger partial charge in [-0.2, -0.15) is 0 Å². The Kier molecular flexibility index (Phi) is 8.89. The molecule has 3 saturated carbocycles. The molecular weight excluding hydrogens is 525 g/mol. The molecule has 0 spiro atoms. The van der Waals surface area contributed by atoms with Gasteiger partial charge in [0.1, 0.15) is 16.5 Å². The number of hydrogen-bond donors (Lipinski definition) is 1. The lowest BCUT2D eigenvalue weighted by molar-refractivity contribution is -0.199. The highest BCUT2D eigenvalue weighted by molar-refractivity contribution is 6.90. The molecule has 0 aromatic rings. The quantitative estimate of drug-likeness (QED) is 0.259. The molecule has 0 radical (unpaired) electrons. The number of hydrogen-bond acceptors (Lipinski definition) is 5. The third-order valence-electron chi connectivity index (χ3n) is 10.5. The second-order valence-electron chi connectivity index (χ2n) is 16.8. The van der Waals surface area contributed by atoms with Gasteiger partial charge in [-0.15, -0.1) is 0 Å². The SMILES string of the molecule is CC1(C)[C@@H]2C[C@H]3OB(C(CCC(CC(=O)O)O[Si](C)(C)C(C)(C)C)N([Si](C)(C)C)[Si](C)(C)C)O[C@@]3(C)[C@H]1C2. The summed E-state index contributed by atoms with van der Waals surface area (Å²) < 4.78 is 23.5. The lowest BCUT2D eigenvalue weighted by atomic mass is 9.43. The van der Waals surface area contributed by atoms with Crippen LogP contribution in [0.1, 0.15) is 73.6 Å². The molecule has 0 aromatic heterocycles. The highest BCUT2D eigenvalue weighted by Gasteiger charge is 2.69. The largest absolute Gasteiger partial charge is 0.481 e. The van der Waals surface area contributed by atoms with Gasteiger partial charge < -0.3 is 23.1 Å². The molecule has 3 aliphatic carbocycles. The molecule has 4 aliphatic rings. The molecule has 0 aromatic carbocycles. The number of aliphatic carboxylic acids is 1. The first-order chi connectivity index (χ1) is 16.9. The topological polar surface area (TPSA) is 68.2 Å². The second-order valence-corrected chi connectivity index (χ2v) is 31.6. The van der Waals surface area contributed by atoms with Crippen molar-refractivity contribution >= 4 is 37.9 Å². The normalized spacial score (nSPS) is 31.1. The van der Waals surface area contributed by atoms with E-state index in [0.717, 1.165) is 18.8 Å². The van der Waals surface area contributed by atoms with Gasteiger partial charge in [0.15, 0.2) is 8.32 Å². The first kappa shape index (κ1) is 32.5. The van der Waals surface area contributed by atoms with Crippen molar-refractivity contribution in [3.05, 3.63) is 0 Å². The Bertz CT molecular complexity index is 867. The van der Waals surface area contributed by atoms with Gasteiger partial charge in [0.25, 0.3) is 0 Å². The van der Waals surface area contributed by atoms with Crippen LogP contribution in [0.3, 0.4) is 0 Å². The molecule has 6 atom stereocenters. The Morgan fingerprint density at radius 3 is 2.03 bits per heavy atom. The van der Waals surface area contributed by atoms with E-state index in [2.05, 4.69) is 98.1 Å². The molecule has 4 fully saturated rings. The minimum atomic E-state index is -2.12. The summed E-state index contributed by atoms with van der Waals surface area (Å²) >= 11 is 0. The van der Waals surface area contributed by atoms with Crippen LogP contribution in [0.2, 0.25) is 57.4 Å². The number of carboxylic acid groups (broad SMARTS) is 1. The van der Waals surface area contributed by atoms with E-state index in [1.54, 1.807) is 0 Å². The average molecular weight is 584 g/mol. The lowest BCUT2D eigenvalue weighted by Crippen LogP contribution is -2.67. The summed E-state index contributed by atoms with van der Waals surface area (Å²) in [6.45, 7) is 32.8. The Morgan fingerprint density at radius 1 is 1.03 bits per heavy atom. The molecule has 38 heavy (non-hydrogen) atoms. The number of nitrogens with zero attached hydrogens (tertiary/aromatic N) is 1. The van der Waals surface area contributed by atoms with Crippen molar-refractivity contribution in [2.45, 2.75) is 155 Å². The van der Waals surface area contributed by atoms with Crippen LogP contribution in [0, 0.1) is 17.3 Å². The van der Waals surface area contributed by atoms with Crippen LogP contribution in [0.4, 0.5) is 0 Å². The smallest absolute Gasteiger partial charge is 0.474 e. The minimum absolute atomic E-state index is 0.0292. The maximum Gasteiger partial charge on any atom is 0.474 e. The highest BCUT2D eigenvalue weighted by Crippen LogP contribution is 2.66. The van der Waals surface area contributed by atoms with Gasteiger partial charge in [0.05, 0.1) is 24.2 Å². The Morgan fingerprint density at radius 2 is 1.58 bits per heavy atom. The molecule has 1 aliphatic heterocycles. The summed E-state index contributed by atoms with van der Waals surface area (Å²) in [7, 11) is -5.91. The molecule has 0 amide bonds. The van der Waals surface area contributed by atoms with E-state index in [1.165, 1.54) is 6.42 Å². The number of rotatable bonds is 11. The van der Waals surface area contributed by atoms with Gasteiger partial charge in [0.2, 0.25) is 0 Å². The monoisotopic (exact) mass is 583 g/mol. The Balaban J connectivity index is 1.92. The van der Waals surface area contributed by atoms with E-state index in [1.807, 2.05) is 0 Å². The van der Waals surface area contributed by atoms with Gasteiger partial charge in [0, 0.05) is 5.94 Å². The lowest BCUT2D eigenvalue weighted by Gasteiger charge is -2.64. The molecule has 2 unspecified atom stereocenters. The summed E-state index contributed by atoms with van der Waals surface area (Å²) in [6, 6.07) is 0. The van der Waals surface area contributed by atoms with E-state index in [0.29, 0.717) is 17.8 Å². The summed E-state index contributed by atoms with van der Waals surface area (Å²) in [5, 5.41) is 9.80. The van der Waals surface area contributed by atoms with Crippen molar-refractivity contribution in [1.82, 2.24) is 4.23 Å². The van der Waals surface area contributed by atoms with E-state index in [-0.39, 0.29) is 42.3 Å². The third-order valence-corrected chi connectivity index (χ3v) is 22.6. The number of carbonyl (C=O) groups is 1. The molecule has 4 rings (SSSR count). The van der Waals surface area contributed by atoms with Crippen LogP contribution >= 0.6 is 0 Å². The van der Waals surface area contributed by atoms with E-state index in [9.17, 15) is 9.90 Å². The molecule has 220 valence electrons. The van der Waals surface area contributed by atoms with Crippen molar-refractivity contribution < 1.29 is 23.6 Å². The zero-order chi connectivity index (χ0) is 29.3. The first-order valence-electron chi connectivity index (χ1n) is 14.9. The fraction of sp³-hybridized carbons (Fsp3) is 0.964. The van der Waals surface area contributed by atoms with E-state index >= 15 is 0 Å². The van der Waals surface area contributed by atoms with Crippen molar-refractivity contribution in [3.63, 3.8) is 0 Å². The Hall–Kier alpha value is 0.0256. The predicted molar refractivity (Wildman–Crippen MR) is 166 cm³/mol. The fourth-order valence-corrected chi connectivity index (χ4v) is 19.7. The summed E-state index contributed by atoms with van der Waals surface area (Å²) in [6.07, 6.45) is 3.75. The van der Waals surface area contributed by atoms with Crippen LogP contribution in [0.15, 0.2) is 0 Å². The van der Waals surface area contributed by atoms with Crippen LogP contribution in [0.5, 0.6) is 0 Å². The zero-order valence-corrected chi connectivity index (χ0v) is 30.0. The molecule has 1 heterocycles. The third kappa shape index (κ3) is 6.26. The molecule has 1 N–H and O–H groups in total. The second kappa shape index (κ2) is 10.4. The molecule has 6 nitrogen and oxygen atoms in total. The Labute approximate surface area is 237 Å². The molecule has 2 bridgehead atoms. The number of carboxylic acids is 1. The maximum atomic E-state index is 11.9. The van der Waals surface area contributed by atoms with Gasteiger partial charge in [-0.3, -0.25) is 4.79 Å². The van der Waals surface area contributed by atoms with Crippen molar-refractivity contribution in [2.24, 2.45) is 17.3 Å². The van der Waals surface area contributed by atoms with Gasteiger partial charge in [-0.1, -0.05) is 73.9 Å². The zero-order valence-electron chi connectivity index (χ0n) is 27.0. The van der Waals surface area contributed by atoms with Crippen LogP contribution in [0.25, 0.3) is 0 Å². The summed E-state index contributed by atoms with van der Waals surface area (Å²) in [4.78, 5) is 11.9. The van der Waals surface area contributed by atoms with Gasteiger partial charge in [-0.25, -0.2) is 0 Å². The van der Waals surface area contributed by atoms with E-state index in [4.69, 9.17) is 13.7 Å². The summed E-state index contributed by atoms with van der Waals surface area (Å²) in [5.74, 6) is 0.564. The van der Waals surface area contributed by atoms with Crippen LogP contribution in [-0.2, 0) is 18.5 Å².